The van der Waals surface area contributed by atoms with Crippen LogP contribution < -0.4 is 0 Å². The van der Waals surface area contributed by atoms with Crippen LogP contribution in [0, 0.1) is 0 Å². The minimum atomic E-state index is -0.0871. The van der Waals surface area contributed by atoms with Gasteiger partial charge in [0.25, 0.3) is 0 Å². The normalized spacial score (nSPS) is 17.7. The zero-order chi connectivity index (χ0) is 13.4. The van der Waals surface area contributed by atoms with Crippen LogP contribution in [0.5, 0.6) is 0 Å². The highest BCUT2D eigenvalue weighted by molar-refractivity contribution is 8.10. The quantitative estimate of drug-likeness (QED) is 0.640. The van der Waals surface area contributed by atoms with Crippen molar-refractivity contribution in [2.24, 2.45) is 0 Å². The summed E-state index contributed by atoms with van der Waals surface area (Å²) in [4.78, 5) is 14.3. The Hall–Kier alpha value is -0.0900. The van der Waals surface area contributed by atoms with E-state index in [4.69, 9.17) is 4.74 Å². The highest BCUT2D eigenvalue weighted by Crippen LogP contribution is 2.37. The third-order valence-electron chi connectivity index (χ3n) is 2.86. The van der Waals surface area contributed by atoms with Gasteiger partial charge in [-0.25, -0.2) is 4.79 Å². The monoisotopic (exact) mass is 288 g/mol. The van der Waals surface area contributed by atoms with Crippen LogP contribution in [0.4, 0.5) is 0 Å². The molecule has 0 N–H and O–H groups in total. The number of hydrogen-bond donors (Lipinski definition) is 0. The van der Waals surface area contributed by atoms with E-state index in [-0.39, 0.29) is 12.1 Å². The van der Waals surface area contributed by atoms with Crippen LogP contribution in [-0.2, 0) is 9.53 Å². The van der Waals surface area contributed by atoms with E-state index in [1.807, 2.05) is 11.8 Å². The number of allylic oxidation sites excluding steroid dienone is 1. The van der Waals surface area contributed by atoms with Gasteiger partial charge in [0.05, 0.1) is 0 Å². The van der Waals surface area contributed by atoms with Crippen molar-refractivity contribution in [3.8, 4) is 0 Å². The average Bonchev–Trinajstić information content (AvgIpc) is 2.39. The second-order valence-corrected chi connectivity index (χ2v) is 6.72. The van der Waals surface area contributed by atoms with Gasteiger partial charge in [0, 0.05) is 16.4 Å². The molecule has 1 rings (SSSR count). The first kappa shape index (κ1) is 16.0. The number of esters is 1. The van der Waals surface area contributed by atoms with Crippen LogP contribution in [0.2, 0.25) is 0 Å². The molecule has 0 amide bonds. The molecule has 0 aliphatic carbocycles. The summed E-state index contributed by atoms with van der Waals surface area (Å²) in [6, 6.07) is 0. The Kier molecular flexibility index (Phi) is 7.91. The Bertz CT molecular complexity index is 300. The van der Waals surface area contributed by atoms with E-state index < -0.39 is 0 Å². The molecule has 1 unspecified atom stereocenters. The molecule has 0 saturated heterocycles. The molecule has 18 heavy (non-hydrogen) atoms. The zero-order valence-electron chi connectivity index (χ0n) is 11.7. The van der Waals surface area contributed by atoms with Gasteiger partial charge in [0.15, 0.2) is 0 Å². The van der Waals surface area contributed by atoms with Gasteiger partial charge in [-0.05, 0) is 19.3 Å². The van der Waals surface area contributed by atoms with Crippen LogP contribution in [0.15, 0.2) is 9.81 Å². The molecule has 1 atom stereocenters. The molecule has 1 aliphatic heterocycles. The van der Waals surface area contributed by atoms with Crippen molar-refractivity contribution in [2.45, 2.75) is 59.0 Å². The highest BCUT2D eigenvalue weighted by atomic mass is 32.2. The first-order chi connectivity index (χ1) is 8.72. The molecular weight excluding hydrogens is 264 g/mol. The molecule has 0 bridgehead atoms. The SMILES string of the molecule is CCCC1=C(C(=O)OC(CC)CCC)SCCS1. The molecule has 2 nitrogen and oxygen atoms in total. The Morgan fingerprint density at radius 1 is 1.22 bits per heavy atom. The Balaban J connectivity index is 2.67. The Morgan fingerprint density at radius 3 is 2.56 bits per heavy atom. The second kappa shape index (κ2) is 8.92. The maximum atomic E-state index is 12.2. The molecular formula is C14H24O2S2. The Morgan fingerprint density at radius 2 is 1.94 bits per heavy atom. The number of hydrogen-bond acceptors (Lipinski definition) is 4. The molecule has 0 aromatic rings. The summed E-state index contributed by atoms with van der Waals surface area (Å²) >= 11 is 3.50. The van der Waals surface area contributed by atoms with Gasteiger partial charge in [-0.2, -0.15) is 0 Å². The van der Waals surface area contributed by atoms with Crippen LogP contribution in [0.25, 0.3) is 0 Å². The van der Waals surface area contributed by atoms with E-state index in [2.05, 4.69) is 20.8 Å². The molecule has 1 aliphatic rings. The minimum Gasteiger partial charge on any atom is -0.458 e. The predicted octanol–water partition coefficient (Wildman–Crippen LogP) is 4.60. The minimum absolute atomic E-state index is 0.0871. The molecule has 0 fully saturated rings. The zero-order valence-corrected chi connectivity index (χ0v) is 13.3. The van der Waals surface area contributed by atoms with Crippen molar-refractivity contribution in [3.05, 3.63) is 9.81 Å². The predicted molar refractivity (Wildman–Crippen MR) is 81.9 cm³/mol. The standard InChI is InChI=1S/C14H24O2S2/c1-4-7-11(6-3)16-14(15)13-12(8-5-2)17-9-10-18-13/h11H,4-10H2,1-3H3. The lowest BCUT2D eigenvalue weighted by molar-refractivity contribution is -0.143. The number of ether oxygens (including phenoxy) is 1. The van der Waals surface area contributed by atoms with Gasteiger partial charge in [-0.3, -0.25) is 0 Å². The number of carbonyl (C=O) groups is 1. The summed E-state index contributed by atoms with van der Waals surface area (Å²) in [7, 11) is 0. The van der Waals surface area contributed by atoms with Crippen molar-refractivity contribution in [1.29, 1.82) is 0 Å². The highest BCUT2D eigenvalue weighted by Gasteiger charge is 2.23. The molecule has 4 heteroatoms. The largest absolute Gasteiger partial charge is 0.458 e. The summed E-state index contributed by atoms with van der Waals surface area (Å²) in [5.74, 6) is 2.05. The topological polar surface area (TPSA) is 26.3 Å². The lowest BCUT2D eigenvalue weighted by Gasteiger charge is -2.21. The fourth-order valence-corrected chi connectivity index (χ4v) is 4.38. The lowest BCUT2D eigenvalue weighted by Crippen LogP contribution is -2.19. The first-order valence-corrected chi connectivity index (χ1v) is 8.89. The number of rotatable bonds is 7. The summed E-state index contributed by atoms with van der Waals surface area (Å²) in [5.41, 5.74) is 0. The molecule has 0 saturated carbocycles. The smallest absolute Gasteiger partial charge is 0.345 e. The van der Waals surface area contributed by atoms with E-state index >= 15 is 0 Å². The second-order valence-electron chi connectivity index (χ2n) is 4.42. The van der Waals surface area contributed by atoms with Gasteiger partial charge in [0.2, 0.25) is 0 Å². The van der Waals surface area contributed by atoms with Crippen molar-refractivity contribution in [1.82, 2.24) is 0 Å². The van der Waals surface area contributed by atoms with Crippen LogP contribution >= 0.6 is 23.5 Å². The van der Waals surface area contributed by atoms with E-state index in [0.29, 0.717) is 0 Å². The van der Waals surface area contributed by atoms with Gasteiger partial charge in [-0.1, -0.05) is 33.6 Å². The van der Waals surface area contributed by atoms with Crippen molar-refractivity contribution in [3.63, 3.8) is 0 Å². The van der Waals surface area contributed by atoms with Gasteiger partial charge < -0.3 is 4.74 Å². The van der Waals surface area contributed by atoms with Crippen molar-refractivity contribution < 1.29 is 9.53 Å². The molecule has 104 valence electrons. The van der Waals surface area contributed by atoms with Crippen molar-refractivity contribution >= 4 is 29.5 Å². The molecule has 0 aromatic carbocycles. The van der Waals surface area contributed by atoms with E-state index in [1.54, 1.807) is 11.8 Å². The Labute approximate surface area is 119 Å². The summed E-state index contributed by atoms with van der Waals surface area (Å²) < 4.78 is 5.63. The fraction of sp³-hybridized carbons (Fsp3) is 0.786. The maximum Gasteiger partial charge on any atom is 0.345 e. The van der Waals surface area contributed by atoms with Gasteiger partial charge >= 0.3 is 5.97 Å². The van der Waals surface area contributed by atoms with Crippen LogP contribution in [-0.4, -0.2) is 23.6 Å². The lowest BCUT2D eigenvalue weighted by atomic mass is 10.1. The summed E-state index contributed by atoms with van der Waals surface area (Å²) in [6.07, 6.45) is 5.13. The summed E-state index contributed by atoms with van der Waals surface area (Å²) in [6.45, 7) is 6.36. The number of thioether (sulfide) groups is 2. The maximum absolute atomic E-state index is 12.2. The van der Waals surface area contributed by atoms with Crippen LogP contribution in [0.3, 0.4) is 0 Å². The molecule has 0 aromatic heterocycles. The van der Waals surface area contributed by atoms with E-state index in [0.717, 1.165) is 48.5 Å². The average molecular weight is 288 g/mol. The third kappa shape index (κ3) is 4.88. The summed E-state index contributed by atoms with van der Waals surface area (Å²) in [5, 5.41) is 0. The molecule has 1 heterocycles. The van der Waals surface area contributed by atoms with Gasteiger partial charge in [-0.15, -0.1) is 23.5 Å². The van der Waals surface area contributed by atoms with Crippen molar-refractivity contribution in [2.75, 3.05) is 11.5 Å². The van der Waals surface area contributed by atoms with E-state index in [9.17, 15) is 4.79 Å². The van der Waals surface area contributed by atoms with E-state index in [1.165, 1.54) is 4.91 Å². The third-order valence-corrected chi connectivity index (χ3v) is 5.52. The fourth-order valence-electron chi connectivity index (χ4n) is 1.91. The molecule has 0 spiro atoms. The number of carbonyl (C=O) groups excluding carboxylic acids is 1. The van der Waals surface area contributed by atoms with Gasteiger partial charge in [0.1, 0.15) is 11.0 Å². The molecule has 0 radical (unpaired) electrons. The first-order valence-electron chi connectivity index (χ1n) is 6.92. The van der Waals surface area contributed by atoms with Crippen LogP contribution in [0.1, 0.15) is 52.9 Å².